The third-order valence-electron chi connectivity index (χ3n) is 2.78. The molecule has 2 rings (SSSR count). The smallest absolute Gasteiger partial charge is 0.200 e. The fourth-order valence-electron chi connectivity index (χ4n) is 1.43. The van der Waals surface area contributed by atoms with Crippen LogP contribution in [0.25, 0.3) is 0 Å². The summed E-state index contributed by atoms with van der Waals surface area (Å²) >= 11 is 0. The topological polar surface area (TPSA) is 17.1 Å². The number of benzene rings is 1. The molecule has 0 amide bonds. The van der Waals surface area contributed by atoms with E-state index in [-0.39, 0.29) is 0 Å². The molecule has 0 saturated carbocycles. The van der Waals surface area contributed by atoms with Gasteiger partial charge in [-0.25, -0.2) is 0 Å². The number of nitrogens with zero attached hydrogens (tertiary/aromatic N) is 1. The number of carbonyl (C=O) groups is 1. The minimum Gasteiger partial charge on any atom is -0.305 e. The van der Waals surface area contributed by atoms with Gasteiger partial charge in [0.2, 0.25) is 6.04 Å². The second-order valence-corrected chi connectivity index (χ2v) is 4.49. The van der Waals surface area contributed by atoms with Crippen LogP contribution in [0.1, 0.15) is 15.9 Å². The van der Waals surface area contributed by atoms with Gasteiger partial charge in [0.05, 0.1) is 14.1 Å². The molecule has 1 aromatic carbocycles. The summed E-state index contributed by atoms with van der Waals surface area (Å²) in [6.45, 7) is 1.14. The van der Waals surface area contributed by atoms with Crippen LogP contribution in [0.4, 0.5) is 0 Å². The molecule has 0 aromatic heterocycles. The highest BCUT2D eigenvalue weighted by atomic mass is 16.1. The van der Waals surface area contributed by atoms with Crippen molar-refractivity contribution in [3.05, 3.63) is 35.4 Å². The number of likely N-dealkylation sites (N-methyl/N-ethyl adjacent to an activating group) is 1. The van der Waals surface area contributed by atoms with E-state index in [0.29, 0.717) is 11.6 Å². The average molecular weight is 200 g/mol. The van der Waals surface area contributed by atoms with Crippen LogP contribution in [-0.2, 0) is 0 Å². The van der Waals surface area contributed by atoms with E-state index in [9.17, 15) is 4.79 Å². The van der Waals surface area contributed by atoms with Crippen molar-refractivity contribution in [2.45, 2.75) is 6.04 Å². The molecule has 1 heterocycles. The summed E-state index contributed by atoms with van der Waals surface area (Å²) in [4.78, 5) is 10.4. The molecule has 1 atom stereocenters. The normalized spacial score (nSPS) is 21.3. The van der Waals surface area contributed by atoms with Crippen LogP contribution in [0.15, 0.2) is 24.3 Å². The minimum atomic E-state index is 0.482. The molecule has 2 heteroatoms. The maximum atomic E-state index is 10.4. The fourth-order valence-corrected chi connectivity index (χ4v) is 1.43. The Balaban J connectivity index is 2.08. The first-order valence-corrected chi connectivity index (χ1v) is 5.01. The van der Waals surface area contributed by atoms with Crippen LogP contribution in [-0.4, -0.2) is 37.5 Å². The summed E-state index contributed by atoms with van der Waals surface area (Å²) in [6.07, 6.45) is 0.845. The second kappa shape index (κ2) is 3.52. The number of hydrogen-bond acceptors (Lipinski definition) is 1. The third kappa shape index (κ3) is 2.26. The summed E-state index contributed by atoms with van der Waals surface area (Å²) < 4.78 is 0.999. The number of rotatable bonds is 1. The Kier molecular flexibility index (Phi) is 2.34. The molecule has 1 fully saturated rings. The summed E-state index contributed by atoms with van der Waals surface area (Å²) in [5.74, 6) is 6.37. The van der Waals surface area contributed by atoms with E-state index in [1.54, 1.807) is 12.1 Å². The predicted molar refractivity (Wildman–Crippen MR) is 59.5 cm³/mol. The number of quaternary nitrogens is 1. The van der Waals surface area contributed by atoms with E-state index in [2.05, 4.69) is 25.9 Å². The van der Waals surface area contributed by atoms with Gasteiger partial charge >= 0.3 is 0 Å². The molecule has 2 nitrogen and oxygen atoms in total. The fraction of sp³-hybridized carbons (Fsp3) is 0.308. The third-order valence-corrected chi connectivity index (χ3v) is 2.78. The molecular weight excluding hydrogens is 186 g/mol. The second-order valence-electron chi connectivity index (χ2n) is 4.49. The molecule has 1 aliphatic rings. The molecular formula is C13H14NO+. The van der Waals surface area contributed by atoms with Crippen molar-refractivity contribution in [3.63, 3.8) is 0 Å². The quantitative estimate of drug-likeness (QED) is 0.289. The van der Waals surface area contributed by atoms with E-state index in [4.69, 9.17) is 0 Å². The van der Waals surface area contributed by atoms with Gasteiger partial charge in [0.25, 0.3) is 0 Å². The lowest BCUT2D eigenvalue weighted by molar-refractivity contribution is -0.763. The average Bonchev–Trinajstić information content (AvgIpc) is 2.84. The van der Waals surface area contributed by atoms with Crippen LogP contribution in [0.5, 0.6) is 0 Å². The van der Waals surface area contributed by atoms with Gasteiger partial charge in [-0.15, -0.1) is 0 Å². The molecule has 76 valence electrons. The molecule has 0 N–H and O–H groups in total. The lowest BCUT2D eigenvalue weighted by atomic mass is 10.1. The molecule has 0 aliphatic carbocycles. The zero-order valence-electron chi connectivity index (χ0n) is 9.03. The number of carbonyl (C=O) groups excluding carboxylic acids is 1. The van der Waals surface area contributed by atoms with Gasteiger partial charge in [0.1, 0.15) is 12.8 Å². The van der Waals surface area contributed by atoms with E-state index in [0.717, 1.165) is 22.9 Å². The Morgan fingerprint density at radius 1 is 1.33 bits per heavy atom. The molecule has 1 unspecified atom stereocenters. The monoisotopic (exact) mass is 200 g/mol. The minimum absolute atomic E-state index is 0.482. The van der Waals surface area contributed by atoms with E-state index >= 15 is 0 Å². The van der Waals surface area contributed by atoms with Crippen molar-refractivity contribution in [1.82, 2.24) is 0 Å². The van der Waals surface area contributed by atoms with Crippen LogP contribution in [0, 0.1) is 11.8 Å². The maximum Gasteiger partial charge on any atom is 0.200 e. The van der Waals surface area contributed by atoms with E-state index in [1.165, 1.54) is 0 Å². The Hall–Kier alpha value is -1.59. The summed E-state index contributed by atoms with van der Waals surface area (Å²) in [7, 11) is 4.35. The Labute approximate surface area is 90.1 Å². The first kappa shape index (κ1) is 9.95. The molecule has 15 heavy (non-hydrogen) atoms. The molecule has 1 aliphatic heterocycles. The zero-order chi connectivity index (χ0) is 10.9. The van der Waals surface area contributed by atoms with Crippen LogP contribution < -0.4 is 0 Å². The Morgan fingerprint density at radius 3 is 2.40 bits per heavy atom. The van der Waals surface area contributed by atoms with Crippen molar-refractivity contribution in [2.75, 3.05) is 20.6 Å². The maximum absolute atomic E-state index is 10.4. The van der Waals surface area contributed by atoms with E-state index < -0.39 is 0 Å². The van der Waals surface area contributed by atoms with Crippen LogP contribution in [0.3, 0.4) is 0 Å². The van der Waals surface area contributed by atoms with Crippen molar-refractivity contribution in [3.8, 4) is 11.8 Å². The van der Waals surface area contributed by atoms with Crippen molar-refractivity contribution < 1.29 is 9.28 Å². The molecule has 1 aromatic rings. The lowest BCUT2D eigenvalue weighted by Gasteiger charge is -2.00. The lowest BCUT2D eigenvalue weighted by Crippen LogP contribution is -2.14. The Morgan fingerprint density at radius 2 is 1.93 bits per heavy atom. The molecule has 0 radical (unpaired) electrons. The van der Waals surface area contributed by atoms with Gasteiger partial charge < -0.3 is 4.48 Å². The Bertz CT molecular complexity index is 434. The van der Waals surface area contributed by atoms with Crippen molar-refractivity contribution >= 4 is 6.29 Å². The van der Waals surface area contributed by atoms with Gasteiger partial charge in [0.15, 0.2) is 0 Å². The van der Waals surface area contributed by atoms with Gasteiger partial charge in [-0.1, -0.05) is 18.1 Å². The van der Waals surface area contributed by atoms with Crippen LogP contribution >= 0.6 is 0 Å². The molecule has 1 saturated heterocycles. The predicted octanol–water partition coefficient (Wildman–Crippen LogP) is 1.31. The van der Waals surface area contributed by atoms with Crippen molar-refractivity contribution in [2.24, 2.45) is 0 Å². The first-order chi connectivity index (χ1) is 7.12. The summed E-state index contributed by atoms with van der Waals surface area (Å²) in [5.41, 5.74) is 1.68. The largest absolute Gasteiger partial charge is 0.305 e. The van der Waals surface area contributed by atoms with Crippen LogP contribution in [0.2, 0.25) is 0 Å². The highest BCUT2D eigenvalue weighted by molar-refractivity contribution is 5.74. The highest BCUT2D eigenvalue weighted by Crippen LogP contribution is 2.22. The number of aldehydes is 1. The summed E-state index contributed by atoms with van der Waals surface area (Å²) in [5, 5.41) is 0. The highest BCUT2D eigenvalue weighted by Gasteiger charge is 2.45. The van der Waals surface area contributed by atoms with Gasteiger partial charge in [-0.3, -0.25) is 4.79 Å². The van der Waals surface area contributed by atoms with Gasteiger partial charge in [-0.2, -0.15) is 0 Å². The standard InChI is InChI=1S/C13H14NO/c1-14(2)9-13(14)8-7-11-3-5-12(10-15)6-4-11/h3-6,10,13H,9H2,1-2H3/q+1. The van der Waals surface area contributed by atoms with E-state index in [1.807, 2.05) is 12.1 Å². The molecule has 0 bridgehead atoms. The van der Waals surface area contributed by atoms with Crippen molar-refractivity contribution in [1.29, 1.82) is 0 Å². The SMILES string of the molecule is C[N+]1(C)CC1C#Cc1ccc(C=O)cc1. The van der Waals surface area contributed by atoms with Gasteiger partial charge in [0, 0.05) is 11.1 Å². The van der Waals surface area contributed by atoms with Gasteiger partial charge in [-0.05, 0) is 18.1 Å². The molecule has 0 spiro atoms. The summed E-state index contributed by atoms with van der Waals surface area (Å²) in [6, 6.07) is 7.85. The number of hydrogen-bond donors (Lipinski definition) is 0. The first-order valence-electron chi connectivity index (χ1n) is 5.01. The zero-order valence-corrected chi connectivity index (χ0v) is 9.03.